The van der Waals surface area contributed by atoms with Gasteiger partial charge < -0.3 is 14.5 Å². The van der Waals surface area contributed by atoms with E-state index >= 15 is 0 Å². The van der Waals surface area contributed by atoms with Gasteiger partial charge in [0.2, 0.25) is 0 Å². The van der Waals surface area contributed by atoms with Crippen molar-refractivity contribution in [2.45, 2.75) is 12.8 Å². The van der Waals surface area contributed by atoms with E-state index in [1.54, 1.807) is 0 Å². The number of cyclic esters (lactones) is 1. The summed E-state index contributed by atoms with van der Waals surface area (Å²) >= 11 is 0. The van der Waals surface area contributed by atoms with Crippen LogP contribution in [0.3, 0.4) is 0 Å². The van der Waals surface area contributed by atoms with Crippen LogP contribution in [0.25, 0.3) is 0 Å². The number of para-hydroxylation sites is 2. The summed E-state index contributed by atoms with van der Waals surface area (Å²) in [5.41, 5.74) is 2.39. The lowest BCUT2D eigenvalue weighted by Crippen LogP contribution is -2.24. The van der Waals surface area contributed by atoms with Crippen LogP contribution in [0, 0.1) is 5.92 Å². The highest BCUT2D eigenvalue weighted by atomic mass is 16.5. The molecule has 1 unspecified atom stereocenters. The summed E-state index contributed by atoms with van der Waals surface area (Å²) in [5, 5.41) is 0. The zero-order valence-electron chi connectivity index (χ0n) is 11.9. The van der Waals surface area contributed by atoms with Crippen LogP contribution in [0.1, 0.15) is 12.8 Å². The molecule has 0 aliphatic carbocycles. The van der Waals surface area contributed by atoms with Crippen LogP contribution in [-0.4, -0.2) is 40.3 Å². The fourth-order valence-electron chi connectivity index (χ4n) is 2.43. The highest BCUT2D eigenvalue weighted by Crippen LogP contribution is 2.28. The van der Waals surface area contributed by atoms with E-state index in [0.29, 0.717) is 6.61 Å². The molecule has 0 aromatic heterocycles. The minimum atomic E-state index is -0.0331. The molecule has 104 valence electrons. The minimum absolute atomic E-state index is 0.0331. The summed E-state index contributed by atoms with van der Waals surface area (Å²) in [6.45, 7) is 1.45. The third-order valence-electron chi connectivity index (χ3n) is 3.63. The lowest BCUT2D eigenvalue weighted by atomic mass is 10.0. The molecule has 1 heterocycles. The molecule has 0 spiro atoms. The fraction of sp³-hybridized carbons (Fsp3) is 0.533. The van der Waals surface area contributed by atoms with Crippen molar-refractivity contribution >= 4 is 17.3 Å². The Balaban J connectivity index is 1.99. The highest BCUT2D eigenvalue weighted by molar-refractivity contribution is 5.74. The van der Waals surface area contributed by atoms with Crippen molar-refractivity contribution < 1.29 is 9.53 Å². The summed E-state index contributed by atoms with van der Waals surface area (Å²) in [5.74, 6) is 0.0447. The van der Waals surface area contributed by atoms with Crippen molar-refractivity contribution in [1.29, 1.82) is 0 Å². The molecule has 0 amide bonds. The van der Waals surface area contributed by atoms with Gasteiger partial charge in [0.1, 0.15) is 0 Å². The van der Waals surface area contributed by atoms with E-state index in [0.717, 1.165) is 19.4 Å². The number of esters is 1. The van der Waals surface area contributed by atoms with Crippen LogP contribution in [0.4, 0.5) is 11.4 Å². The van der Waals surface area contributed by atoms with E-state index in [9.17, 15) is 4.79 Å². The highest BCUT2D eigenvalue weighted by Gasteiger charge is 2.26. The van der Waals surface area contributed by atoms with E-state index in [-0.39, 0.29) is 11.9 Å². The Labute approximate surface area is 115 Å². The SMILES string of the molecule is CN(C)c1ccccc1N(C)CCC1CCOC1=O. The van der Waals surface area contributed by atoms with Gasteiger partial charge in [-0.05, 0) is 25.0 Å². The summed E-state index contributed by atoms with van der Waals surface area (Å²) < 4.78 is 5.00. The Morgan fingerprint density at radius 1 is 1.21 bits per heavy atom. The second-order valence-corrected chi connectivity index (χ2v) is 5.25. The van der Waals surface area contributed by atoms with Gasteiger partial charge in [-0.3, -0.25) is 4.79 Å². The molecule has 1 aromatic rings. The van der Waals surface area contributed by atoms with E-state index in [1.165, 1.54) is 11.4 Å². The molecule has 2 rings (SSSR count). The molecule has 1 fully saturated rings. The number of hydrogen-bond donors (Lipinski definition) is 0. The molecule has 1 saturated heterocycles. The number of carbonyl (C=O) groups is 1. The third kappa shape index (κ3) is 3.19. The molecule has 0 saturated carbocycles. The molecule has 4 heteroatoms. The first-order valence-corrected chi connectivity index (χ1v) is 6.73. The zero-order chi connectivity index (χ0) is 13.8. The zero-order valence-corrected chi connectivity index (χ0v) is 11.9. The average molecular weight is 262 g/mol. The molecule has 1 aliphatic heterocycles. The monoisotopic (exact) mass is 262 g/mol. The number of benzene rings is 1. The van der Waals surface area contributed by atoms with Gasteiger partial charge in [-0.1, -0.05) is 12.1 Å². The van der Waals surface area contributed by atoms with Gasteiger partial charge in [0.05, 0.1) is 23.9 Å². The normalized spacial score (nSPS) is 18.3. The topological polar surface area (TPSA) is 32.8 Å². The molecule has 1 atom stereocenters. The standard InChI is InChI=1S/C15H22N2O2/c1-16(2)13-6-4-5-7-14(13)17(3)10-8-12-9-11-19-15(12)18/h4-7,12H,8-11H2,1-3H3. The van der Waals surface area contributed by atoms with Crippen molar-refractivity contribution in [3.63, 3.8) is 0 Å². The Morgan fingerprint density at radius 3 is 2.47 bits per heavy atom. The van der Waals surface area contributed by atoms with Crippen LogP contribution >= 0.6 is 0 Å². The first-order valence-electron chi connectivity index (χ1n) is 6.73. The molecular weight excluding hydrogens is 240 g/mol. The Morgan fingerprint density at radius 2 is 1.89 bits per heavy atom. The molecular formula is C15H22N2O2. The predicted molar refractivity (Wildman–Crippen MR) is 77.7 cm³/mol. The van der Waals surface area contributed by atoms with Crippen molar-refractivity contribution in [1.82, 2.24) is 0 Å². The Bertz CT molecular complexity index is 446. The van der Waals surface area contributed by atoms with Gasteiger partial charge in [0, 0.05) is 27.7 Å². The molecule has 0 bridgehead atoms. The van der Waals surface area contributed by atoms with E-state index in [2.05, 4.69) is 29.0 Å². The van der Waals surface area contributed by atoms with Gasteiger partial charge in [-0.15, -0.1) is 0 Å². The first-order chi connectivity index (χ1) is 9.09. The number of rotatable bonds is 5. The Kier molecular flexibility index (Phi) is 4.30. The number of nitrogens with zero attached hydrogens (tertiary/aromatic N) is 2. The van der Waals surface area contributed by atoms with Crippen LogP contribution in [-0.2, 0) is 9.53 Å². The minimum Gasteiger partial charge on any atom is -0.465 e. The summed E-state index contributed by atoms with van der Waals surface area (Å²) in [6, 6.07) is 8.31. The fourth-order valence-corrected chi connectivity index (χ4v) is 2.43. The van der Waals surface area contributed by atoms with Crippen LogP contribution in [0.5, 0.6) is 0 Å². The number of carbonyl (C=O) groups excluding carboxylic acids is 1. The maximum atomic E-state index is 11.4. The average Bonchev–Trinajstić information content (AvgIpc) is 2.81. The summed E-state index contributed by atoms with van der Waals surface area (Å²) in [6.07, 6.45) is 1.72. The number of ether oxygens (including phenoxy) is 1. The predicted octanol–water partition coefficient (Wildman–Crippen LogP) is 2.14. The quantitative estimate of drug-likeness (QED) is 0.761. The summed E-state index contributed by atoms with van der Waals surface area (Å²) in [7, 11) is 6.16. The van der Waals surface area contributed by atoms with Crippen LogP contribution in [0.15, 0.2) is 24.3 Å². The van der Waals surface area contributed by atoms with E-state index < -0.39 is 0 Å². The second-order valence-electron chi connectivity index (χ2n) is 5.25. The molecule has 1 aliphatic rings. The van der Waals surface area contributed by atoms with Crippen molar-refractivity contribution in [2.24, 2.45) is 5.92 Å². The van der Waals surface area contributed by atoms with Crippen LogP contribution in [0.2, 0.25) is 0 Å². The maximum absolute atomic E-state index is 11.4. The van der Waals surface area contributed by atoms with Gasteiger partial charge in [0.15, 0.2) is 0 Å². The van der Waals surface area contributed by atoms with Crippen molar-refractivity contribution in [3.8, 4) is 0 Å². The molecule has 0 radical (unpaired) electrons. The lowest BCUT2D eigenvalue weighted by Gasteiger charge is -2.26. The number of hydrogen-bond acceptors (Lipinski definition) is 4. The molecule has 4 nitrogen and oxygen atoms in total. The molecule has 1 aromatic carbocycles. The largest absolute Gasteiger partial charge is 0.465 e. The summed E-state index contributed by atoms with van der Waals surface area (Å²) in [4.78, 5) is 15.8. The van der Waals surface area contributed by atoms with Crippen molar-refractivity contribution in [3.05, 3.63) is 24.3 Å². The van der Waals surface area contributed by atoms with Gasteiger partial charge in [-0.2, -0.15) is 0 Å². The van der Waals surface area contributed by atoms with Gasteiger partial charge >= 0.3 is 5.97 Å². The number of anilines is 2. The Hall–Kier alpha value is -1.71. The lowest BCUT2D eigenvalue weighted by molar-refractivity contribution is -0.141. The maximum Gasteiger partial charge on any atom is 0.309 e. The first kappa shape index (κ1) is 13.7. The molecule has 0 N–H and O–H groups in total. The second kappa shape index (κ2) is 5.95. The smallest absolute Gasteiger partial charge is 0.309 e. The van der Waals surface area contributed by atoms with Crippen LogP contribution < -0.4 is 9.80 Å². The van der Waals surface area contributed by atoms with E-state index in [1.807, 2.05) is 26.2 Å². The third-order valence-corrected chi connectivity index (χ3v) is 3.63. The molecule has 19 heavy (non-hydrogen) atoms. The van der Waals surface area contributed by atoms with E-state index in [4.69, 9.17) is 4.74 Å². The van der Waals surface area contributed by atoms with Gasteiger partial charge in [-0.25, -0.2) is 0 Å². The van der Waals surface area contributed by atoms with Gasteiger partial charge in [0.25, 0.3) is 0 Å². The van der Waals surface area contributed by atoms with Crippen molar-refractivity contribution in [2.75, 3.05) is 44.1 Å².